The number of aliphatic hydroxyl groups is 2. The number of hydrogen-bond acceptors (Lipinski definition) is 5. The van der Waals surface area contributed by atoms with E-state index < -0.39 is 18.2 Å². The summed E-state index contributed by atoms with van der Waals surface area (Å²) in [5.41, 5.74) is -0.221. The molecule has 0 fully saturated rings. The number of aliphatic carboxylic acids is 1. The summed E-state index contributed by atoms with van der Waals surface area (Å²) >= 11 is 0. The SMILES string of the molecule is C[NH+]=C1C[C@](O)(CO)CC(NCC(=O)O)=C1OC. The van der Waals surface area contributed by atoms with Crippen LogP contribution in [0.2, 0.25) is 0 Å². The maximum absolute atomic E-state index is 10.6. The minimum Gasteiger partial charge on any atom is -0.489 e. The number of carboxylic acid groups (broad SMARTS) is 1. The Bertz CT molecular complexity index is 391. The average molecular weight is 259 g/mol. The first-order chi connectivity index (χ1) is 8.45. The molecule has 7 nitrogen and oxygen atoms in total. The van der Waals surface area contributed by atoms with Crippen LogP contribution >= 0.6 is 0 Å². The Balaban J connectivity index is 3.03. The van der Waals surface area contributed by atoms with E-state index in [1.165, 1.54) is 7.11 Å². The van der Waals surface area contributed by atoms with Crippen molar-refractivity contribution in [2.45, 2.75) is 18.4 Å². The number of nitrogens with one attached hydrogen (secondary N) is 2. The van der Waals surface area contributed by atoms with Crippen molar-refractivity contribution in [3.8, 4) is 0 Å². The molecule has 1 aliphatic carbocycles. The van der Waals surface area contributed by atoms with Crippen molar-refractivity contribution in [2.24, 2.45) is 0 Å². The zero-order valence-electron chi connectivity index (χ0n) is 10.5. The number of carbonyl (C=O) groups is 1. The van der Waals surface area contributed by atoms with Crippen LogP contribution in [0, 0.1) is 0 Å². The van der Waals surface area contributed by atoms with E-state index in [4.69, 9.17) is 9.84 Å². The molecule has 18 heavy (non-hydrogen) atoms. The third-order valence-corrected chi connectivity index (χ3v) is 2.81. The molecule has 5 N–H and O–H groups in total. The first-order valence-electron chi connectivity index (χ1n) is 5.55. The number of methoxy groups -OCH3 is 1. The van der Waals surface area contributed by atoms with Gasteiger partial charge in [0, 0.05) is 6.42 Å². The molecule has 0 heterocycles. The predicted molar refractivity (Wildman–Crippen MR) is 62.8 cm³/mol. The molecule has 0 saturated heterocycles. The van der Waals surface area contributed by atoms with Gasteiger partial charge < -0.3 is 25.4 Å². The molecule has 0 aromatic carbocycles. The van der Waals surface area contributed by atoms with Crippen molar-refractivity contribution in [2.75, 3.05) is 27.3 Å². The van der Waals surface area contributed by atoms with E-state index in [2.05, 4.69) is 10.3 Å². The average Bonchev–Trinajstić information content (AvgIpc) is 2.35. The molecule has 0 spiro atoms. The van der Waals surface area contributed by atoms with Gasteiger partial charge in [-0.1, -0.05) is 0 Å². The summed E-state index contributed by atoms with van der Waals surface area (Å²) in [7, 11) is 3.14. The fourth-order valence-electron chi connectivity index (χ4n) is 1.95. The fourth-order valence-corrected chi connectivity index (χ4v) is 1.95. The highest BCUT2D eigenvalue weighted by atomic mass is 16.5. The third-order valence-electron chi connectivity index (χ3n) is 2.81. The molecule has 0 aliphatic heterocycles. The minimum absolute atomic E-state index is 0.116. The van der Waals surface area contributed by atoms with Crippen LogP contribution in [0.5, 0.6) is 0 Å². The molecule has 0 amide bonds. The van der Waals surface area contributed by atoms with Gasteiger partial charge in [0.2, 0.25) is 11.5 Å². The van der Waals surface area contributed by atoms with Crippen molar-refractivity contribution in [3.05, 3.63) is 11.5 Å². The predicted octanol–water partition coefficient (Wildman–Crippen LogP) is -2.81. The van der Waals surface area contributed by atoms with Crippen LogP contribution in [-0.2, 0) is 9.53 Å². The standard InChI is InChI=1S/C11H18N2O5/c1-12-7-3-11(17,6-14)4-8(10(7)18-2)13-5-9(15)16/h13-14,17H,3-6H2,1-2H3,(H,15,16)/p+1/t11-/m1/s1. The summed E-state index contributed by atoms with van der Waals surface area (Å²) in [6, 6.07) is 0. The Kier molecular flexibility index (Phi) is 4.69. The van der Waals surface area contributed by atoms with Gasteiger partial charge in [0.15, 0.2) is 0 Å². The molecule has 7 heteroatoms. The van der Waals surface area contributed by atoms with Gasteiger partial charge in [-0.2, -0.15) is 0 Å². The number of carboxylic acids is 1. The summed E-state index contributed by atoms with van der Waals surface area (Å²) in [4.78, 5) is 13.4. The van der Waals surface area contributed by atoms with E-state index in [1.807, 2.05) is 0 Å². The van der Waals surface area contributed by atoms with Crippen LogP contribution in [0.1, 0.15) is 12.8 Å². The molecule has 0 aromatic rings. The van der Waals surface area contributed by atoms with Crippen molar-refractivity contribution >= 4 is 11.7 Å². The summed E-state index contributed by atoms with van der Waals surface area (Å²) in [5, 5.41) is 30.7. The second-order valence-corrected chi connectivity index (χ2v) is 4.22. The second-order valence-electron chi connectivity index (χ2n) is 4.22. The van der Waals surface area contributed by atoms with Crippen molar-refractivity contribution in [1.29, 1.82) is 0 Å². The van der Waals surface area contributed by atoms with Crippen LogP contribution in [-0.4, -0.2) is 59.9 Å². The van der Waals surface area contributed by atoms with E-state index in [-0.39, 0.29) is 19.4 Å². The summed E-state index contributed by atoms with van der Waals surface area (Å²) in [6.45, 7) is -0.686. The number of hydrogen-bond donors (Lipinski definition) is 5. The highest BCUT2D eigenvalue weighted by Crippen LogP contribution is 2.28. The highest BCUT2D eigenvalue weighted by Gasteiger charge is 2.40. The van der Waals surface area contributed by atoms with Crippen LogP contribution in [0.4, 0.5) is 0 Å². The maximum Gasteiger partial charge on any atom is 0.322 e. The van der Waals surface area contributed by atoms with Gasteiger partial charge in [0.05, 0.1) is 25.8 Å². The van der Waals surface area contributed by atoms with E-state index in [0.717, 1.165) is 0 Å². The van der Waals surface area contributed by atoms with Crippen molar-refractivity contribution < 1.29 is 29.8 Å². The van der Waals surface area contributed by atoms with E-state index in [0.29, 0.717) is 17.2 Å². The monoisotopic (exact) mass is 259 g/mol. The van der Waals surface area contributed by atoms with Crippen molar-refractivity contribution in [1.82, 2.24) is 5.32 Å². The maximum atomic E-state index is 10.6. The normalized spacial score (nSPS) is 26.3. The van der Waals surface area contributed by atoms with Crippen LogP contribution in [0.15, 0.2) is 11.5 Å². The summed E-state index contributed by atoms with van der Waals surface area (Å²) < 4.78 is 5.21. The summed E-state index contributed by atoms with van der Waals surface area (Å²) in [5.74, 6) is -0.529. The lowest BCUT2D eigenvalue weighted by Gasteiger charge is -2.31. The van der Waals surface area contributed by atoms with Crippen LogP contribution in [0.25, 0.3) is 0 Å². The molecule has 1 atom stereocenters. The van der Waals surface area contributed by atoms with Gasteiger partial charge >= 0.3 is 5.97 Å². The van der Waals surface area contributed by atoms with Gasteiger partial charge in [0.1, 0.15) is 19.2 Å². The number of aliphatic hydroxyl groups excluding tert-OH is 1. The molecule has 0 unspecified atom stereocenters. The lowest BCUT2D eigenvalue weighted by atomic mass is 9.85. The van der Waals surface area contributed by atoms with Gasteiger partial charge in [-0.25, -0.2) is 4.99 Å². The van der Waals surface area contributed by atoms with Gasteiger partial charge in [-0.3, -0.25) is 4.79 Å². The molecule has 0 radical (unpaired) electrons. The molecule has 0 saturated carbocycles. The molecule has 1 rings (SSSR count). The van der Waals surface area contributed by atoms with E-state index >= 15 is 0 Å². The van der Waals surface area contributed by atoms with Crippen LogP contribution < -0.4 is 10.3 Å². The highest BCUT2D eigenvalue weighted by molar-refractivity contribution is 5.96. The molecule has 0 aromatic heterocycles. The topological polar surface area (TPSA) is 113 Å². The Morgan fingerprint density at radius 1 is 1.56 bits per heavy atom. The van der Waals surface area contributed by atoms with Gasteiger partial charge in [-0.15, -0.1) is 0 Å². The number of rotatable bonds is 5. The fraction of sp³-hybridized carbons (Fsp3) is 0.636. The molecular formula is C11H19N2O5+. The zero-order chi connectivity index (χ0) is 13.8. The molecule has 0 bridgehead atoms. The lowest BCUT2D eigenvalue weighted by molar-refractivity contribution is -0.423. The van der Waals surface area contributed by atoms with E-state index in [9.17, 15) is 15.0 Å². The molecular weight excluding hydrogens is 240 g/mol. The molecule has 102 valence electrons. The Morgan fingerprint density at radius 2 is 2.22 bits per heavy atom. The minimum atomic E-state index is -1.30. The van der Waals surface area contributed by atoms with Gasteiger partial charge in [0.25, 0.3) is 0 Å². The van der Waals surface area contributed by atoms with Crippen molar-refractivity contribution in [3.63, 3.8) is 0 Å². The zero-order valence-corrected chi connectivity index (χ0v) is 10.5. The van der Waals surface area contributed by atoms with E-state index in [1.54, 1.807) is 7.05 Å². The lowest BCUT2D eigenvalue weighted by Crippen LogP contribution is -2.71. The Morgan fingerprint density at radius 3 is 2.67 bits per heavy atom. The van der Waals surface area contributed by atoms with Gasteiger partial charge in [-0.05, 0) is 0 Å². The number of ether oxygens (including phenoxy) is 1. The van der Waals surface area contributed by atoms with Crippen LogP contribution in [0.3, 0.4) is 0 Å². The Hall–Kier alpha value is -1.60. The Labute approximate surface area is 105 Å². The smallest absolute Gasteiger partial charge is 0.322 e. The summed E-state index contributed by atoms with van der Waals surface area (Å²) in [6.07, 6.45) is 0.340. The molecule has 1 aliphatic rings. The first kappa shape index (κ1) is 14.5. The second kappa shape index (κ2) is 5.83. The quantitative estimate of drug-likeness (QED) is 0.364. The largest absolute Gasteiger partial charge is 0.489 e. The first-order valence-corrected chi connectivity index (χ1v) is 5.55. The number of allylic oxidation sites excluding steroid dienone is 1. The third kappa shape index (κ3) is 3.21.